The van der Waals surface area contributed by atoms with Gasteiger partial charge in [-0.25, -0.2) is 4.98 Å². The highest BCUT2D eigenvalue weighted by Crippen LogP contribution is 2.24. The fourth-order valence-corrected chi connectivity index (χ4v) is 2.80. The topological polar surface area (TPSA) is 59.2 Å². The SMILES string of the molecule is CN=C(NCc1nccn1CC(C)C)NCc1cc(Cl)c(Cl)n1C. The number of hydrogen-bond acceptors (Lipinski definition) is 2. The fourth-order valence-electron chi connectivity index (χ4n) is 2.38. The number of nitrogens with one attached hydrogen (secondary N) is 2. The summed E-state index contributed by atoms with van der Waals surface area (Å²) in [5.41, 5.74) is 0.981. The average molecular weight is 371 g/mol. The summed E-state index contributed by atoms with van der Waals surface area (Å²) in [6.07, 6.45) is 3.82. The highest BCUT2D eigenvalue weighted by molar-refractivity contribution is 6.41. The lowest BCUT2D eigenvalue weighted by molar-refractivity contribution is 0.503. The predicted molar refractivity (Wildman–Crippen MR) is 99.5 cm³/mol. The molecule has 0 saturated heterocycles. The van der Waals surface area contributed by atoms with E-state index in [1.165, 1.54) is 0 Å². The summed E-state index contributed by atoms with van der Waals surface area (Å²) in [7, 11) is 3.62. The minimum Gasteiger partial charge on any atom is -0.351 e. The fraction of sp³-hybridized carbons (Fsp3) is 0.500. The zero-order valence-corrected chi connectivity index (χ0v) is 16.0. The van der Waals surface area contributed by atoms with Crippen LogP contribution in [0, 0.1) is 5.92 Å². The molecule has 0 aliphatic heterocycles. The van der Waals surface area contributed by atoms with Crippen LogP contribution < -0.4 is 10.6 Å². The zero-order chi connectivity index (χ0) is 17.7. The summed E-state index contributed by atoms with van der Waals surface area (Å²) in [5.74, 6) is 2.25. The van der Waals surface area contributed by atoms with Gasteiger partial charge in [0.2, 0.25) is 0 Å². The molecule has 0 aromatic carbocycles. The second-order valence-corrected chi connectivity index (χ2v) is 6.77. The molecule has 0 spiro atoms. The lowest BCUT2D eigenvalue weighted by Crippen LogP contribution is -2.37. The third-order valence-electron chi connectivity index (χ3n) is 3.65. The molecule has 0 unspecified atom stereocenters. The number of rotatable bonds is 6. The predicted octanol–water partition coefficient (Wildman–Crippen LogP) is 3.05. The summed E-state index contributed by atoms with van der Waals surface area (Å²) in [5, 5.41) is 7.62. The molecule has 0 fully saturated rings. The van der Waals surface area contributed by atoms with Gasteiger partial charge in [0.15, 0.2) is 5.96 Å². The Morgan fingerprint density at radius 1 is 1.29 bits per heavy atom. The van der Waals surface area contributed by atoms with Crippen LogP contribution in [0.1, 0.15) is 25.4 Å². The molecule has 132 valence electrons. The van der Waals surface area contributed by atoms with Crippen molar-refractivity contribution in [2.45, 2.75) is 33.5 Å². The van der Waals surface area contributed by atoms with Crippen molar-refractivity contribution in [2.75, 3.05) is 7.05 Å². The van der Waals surface area contributed by atoms with Crippen LogP contribution in [0.25, 0.3) is 0 Å². The van der Waals surface area contributed by atoms with Crippen LogP contribution >= 0.6 is 23.2 Å². The molecule has 6 nitrogen and oxygen atoms in total. The first-order valence-corrected chi connectivity index (χ1v) is 8.62. The lowest BCUT2D eigenvalue weighted by Gasteiger charge is -2.14. The van der Waals surface area contributed by atoms with Gasteiger partial charge in [-0.2, -0.15) is 0 Å². The van der Waals surface area contributed by atoms with Crippen molar-refractivity contribution >= 4 is 29.2 Å². The van der Waals surface area contributed by atoms with E-state index in [9.17, 15) is 0 Å². The van der Waals surface area contributed by atoms with Crippen molar-refractivity contribution in [1.29, 1.82) is 0 Å². The normalized spacial score (nSPS) is 12.0. The van der Waals surface area contributed by atoms with Crippen LogP contribution in [-0.2, 0) is 26.7 Å². The highest BCUT2D eigenvalue weighted by atomic mass is 35.5. The van der Waals surface area contributed by atoms with Crippen molar-refractivity contribution < 1.29 is 0 Å². The standard InChI is InChI=1S/C16H24Cl2N6/c1-11(2)10-24-6-5-20-14(24)9-22-16(19-3)21-8-12-7-13(17)15(18)23(12)4/h5-7,11H,8-10H2,1-4H3,(H2,19,21,22). The average Bonchev–Trinajstić information content (AvgIpc) is 3.07. The van der Waals surface area contributed by atoms with E-state index in [4.69, 9.17) is 23.2 Å². The van der Waals surface area contributed by atoms with Crippen LogP contribution in [-0.4, -0.2) is 27.1 Å². The molecule has 0 radical (unpaired) electrons. The molecule has 8 heteroatoms. The van der Waals surface area contributed by atoms with E-state index in [1.807, 2.05) is 30.1 Å². The van der Waals surface area contributed by atoms with Crippen molar-refractivity contribution in [3.05, 3.63) is 40.2 Å². The number of aromatic nitrogens is 3. The highest BCUT2D eigenvalue weighted by Gasteiger charge is 2.10. The Kier molecular flexibility index (Phi) is 6.57. The smallest absolute Gasteiger partial charge is 0.191 e. The van der Waals surface area contributed by atoms with Gasteiger partial charge in [0.05, 0.1) is 18.1 Å². The van der Waals surface area contributed by atoms with Crippen LogP contribution in [0.2, 0.25) is 10.2 Å². The summed E-state index contributed by atoms with van der Waals surface area (Å²) < 4.78 is 4.00. The maximum absolute atomic E-state index is 6.08. The molecule has 0 bridgehead atoms. The first-order chi connectivity index (χ1) is 11.4. The molecule has 2 aromatic rings. The quantitative estimate of drug-likeness (QED) is 0.606. The van der Waals surface area contributed by atoms with Gasteiger partial charge in [0.25, 0.3) is 0 Å². The van der Waals surface area contributed by atoms with Gasteiger partial charge in [-0.15, -0.1) is 0 Å². The largest absolute Gasteiger partial charge is 0.351 e. The van der Waals surface area contributed by atoms with Gasteiger partial charge in [0.1, 0.15) is 11.0 Å². The molecule has 2 heterocycles. The number of imidazole rings is 1. The van der Waals surface area contributed by atoms with Crippen LogP contribution in [0.5, 0.6) is 0 Å². The number of halogens is 2. The molecule has 0 atom stereocenters. The first-order valence-electron chi connectivity index (χ1n) is 7.86. The third-order valence-corrected chi connectivity index (χ3v) is 4.50. The summed E-state index contributed by atoms with van der Waals surface area (Å²) in [6, 6.07) is 1.85. The maximum atomic E-state index is 6.08. The van der Waals surface area contributed by atoms with Gasteiger partial charge >= 0.3 is 0 Å². The van der Waals surface area contributed by atoms with Crippen LogP contribution in [0.4, 0.5) is 0 Å². The van der Waals surface area contributed by atoms with E-state index in [1.54, 1.807) is 7.05 Å². The molecule has 0 saturated carbocycles. The van der Waals surface area contributed by atoms with Crippen molar-refractivity contribution in [2.24, 2.45) is 18.0 Å². The molecule has 2 N–H and O–H groups in total. The Morgan fingerprint density at radius 3 is 2.58 bits per heavy atom. The Bertz CT molecular complexity index is 701. The van der Waals surface area contributed by atoms with E-state index in [2.05, 4.69) is 39.0 Å². The molecule has 2 rings (SSSR count). The Balaban J connectivity index is 1.91. The second kappa shape index (κ2) is 8.44. The minimum absolute atomic E-state index is 0.534. The zero-order valence-electron chi connectivity index (χ0n) is 14.5. The minimum atomic E-state index is 0.534. The molecular weight excluding hydrogens is 347 g/mol. The van der Waals surface area contributed by atoms with Gasteiger partial charge in [0, 0.05) is 38.7 Å². The van der Waals surface area contributed by atoms with Gasteiger partial charge in [-0.1, -0.05) is 37.0 Å². The van der Waals surface area contributed by atoms with Gasteiger partial charge in [-0.3, -0.25) is 4.99 Å². The number of nitrogens with zero attached hydrogens (tertiary/aromatic N) is 4. The van der Waals surface area contributed by atoms with E-state index in [0.29, 0.717) is 35.1 Å². The molecule has 24 heavy (non-hydrogen) atoms. The second-order valence-electron chi connectivity index (χ2n) is 6.00. The number of guanidine groups is 1. The number of hydrogen-bond donors (Lipinski definition) is 2. The lowest BCUT2D eigenvalue weighted by atomic mass is 10.2. The Labute approximate surface area is 152 Å². The van der Waals surface area contributed by atoms with Crippen molar-refractivity contribution in [3.63, 3.8) is 0 Å². The Morgan fingerprint density at radius 2 is 2.00 bits per heavy atom. The molecule has 0 aliphatic rings. The third kappa shape index (κ3) is 4.68. The van der Waals surface area contributed by atoms with E-state index < -0.39 is 0 Å². The molecule has 2 aromatic heterocycles. The summed E-state index contributed by atoms with van der Waals surface area (Å²) in [4.78, 5) is 8.64. The molecule has 0 amide bonds. The van der Waals surface area contributed by atoms with Crippen LogP contribution in [0.3, 0.4) is 0 Å². The van der Waals surface area contributed by atoms with E-state index in [0.717, 1.165) is 18.1 Å². The van der Waals surface area contributed by atoms with Crippen molar-refractivity contribution in [1.82, 2.24) is 24.8 Å². The summed E-state index contributed by atoms with van der Waals surface area (Å²) in [6.45, 7) is 6.50. The van der Waals surface area contributed by atoms with Gasteiger partial charge < -0.3 is 19.8 Å². The molecule has 0 aliphatic carbocycles. The van der Waals surface area contributed by atoms with Crippen molar-refractivity contribution in [3.8, 4) is 0 Å². The maximum Gasteiger partial charge on any atom is 0.191 e. The van der Waals surface area contributed by atoms with Gasteiger partial charge in [-0.05, 0) is 12.0 Å². The Hall–Kier alpha value is -1.66. The molecular formula is C16H24Cl2N6. The first kappa shape index (κ1) is 18.7. The van der Waals surface area contributed by atoms with E-state index in [-0.39, 0.29) is 0 Å². The van der Waals surface area contributed by atoms with Crippen LogP contribution in [0.15, 0.2) is 23.5 Å². The summed E-state index contributed by atoms with van der Waals surface area (Å²) >= 11 is 12.1. The number of aliphatic imine (C=N–C) groups is 1. The monoisotopic (exact) mass is 370 g/mol. The van der Waals surface area contributed by atoms with E-state index >= 15 is 0 Å².